The van der Waals surface area contributed by atoms with Gasteiger partial charge in [0.25, 0.3) is 0 Å². The Morgan fingerprint density at radius 2 is 1.89 bits per heavy atom. The van der Waals surface area contributed by atoms with Crippen molar-refractivity contribution in [1.82, 2.24) is 4.90 Å². The third kappa shape index (κ3) is 5.52. The van der Waals surface area contributed by atoms with E-state index in [0.717, 1.165) is 18.9 Å². The van der Waals surface area contributed by atoms with Crippen LogP contribution in [0.5, 0.6) is 0 Å². The molecule has 35 heavy (non-hydrogen) atoms. The third-order valence-electron chi connectivity index (χ3n) is 7.46. The van der Waals surface area contributed by atoms with E-state index < -0.39 is 29.4 Å². The van der Waals surface area contributed by atoms with Crippen LogP contribution in [0.1, 0.15) is 64.4 Å². The lowest BCUT2D eigenvalue weighted by molar-refractivity contribution is -0.139. The van der Waals surface area contributed by atoms with Crippen molar-refractivity contribution in [3.8, 4) is 0 Å². The highest BCUT2D eigenvalue weighted by atomic mass is 19.4. The quantitative estimate of drug-likeness (QED) is 0.626. The van der Waals surface area contributed by atoms with Crippen molar-refractivity contribution in [2.75, 3.05) is 29.9 Å². The maximum atomic E-state index is 14.0. The first-order valence-corrected chi connectivity index (χ1v) is 12.4. The molecule has 2 aliphatic heterocycles. The molecule has 1 aliphatic carbocycles. The van der Waals surface area contributed by atoms with Gasteiger partial charge in [0, 0.05) is 37.1 Å². The standard InChI is InChI=1S/C25H34F3N3O4/c1-16(2)35-23(34)29-17-4-9-21(20(14-17)25(26,27)28)30-12-3-10-24(15-30)11-13-31(22(24)33)18-5-7-19(32)8-6-18/h4,9,14,16,18-19,32H,3,5-8,10-13,15H2,1-2H3,(H,29,34)/t18-,19-,24-/m0/s1. The van der Waals surface area contributed by atoms with Crippen molar-refractivity contribution >= 4 is 23.4 Å². The van der Waals surface area contributed by atoms with E-state index >= 15 is 0 Å². The Balaban J connectivity index is 1.54. The molecule has 0 aromatic heterocycles. The molecule has 3 fully saturated rings. The number of hydrogen-bond donors (Lipinski definition) is 2. The van der Waals surface area contributed by atoms with Crippen LogP contribution in [0, 0.1) is 5.41 Å². The van der Waals surface area contributed by atoms with E-state index in [-0.39, 0.29) is 36.0 Å². The first-order valence-electron chi connectivity index (χ1n) is 12.4. The Bertz CT molecular complexity index is 946. The lowest BCUT2D eigenvalue weighted by Gasteiger charge is -2.42. The van der Waals surface area contributed by atoms with Gasteiger partial charge in [0.2, 0.25) is 5.91 Å². The van der Waals surface area contributed by atoms with Gasteiger partial charge in [-0.05, 0) is 77.0 Å². The van der Waals surface area contributed by atoms with Gasteiger partial charge in [0.1, 0.15) is 0 Å². The van der Waals surface area contributed by atoms with E-state index in [2.05, 4.69) is 5.32 Å². The minimum absolute atomic E-state index is 0.000974. The minimum atomic E-state index is -4.63. The van der Waals surface area contributed by atoms with Gasteiger partial charge in [0.05, 0.1) is 23.2 Å². The number of aliphatic hydroxyl groups excluding tert-OH is 1. The highest BCUT2D eigenvalue weighted by Crippen LogP contribution is 2.46. The van der Waals surface area contributed by atoms with E-state index in [1.54, 1.807) is 18.7 Å². The molecule has 3 aliphatic rings. The van der Waals surface area contributed by atoms with Crippen LogP contribution in [-0.4, -0.2) is 59.9 Å². The van der Waals surface area contributed by atoms with Gasteiger partial charge in [-0.2, -0.15) is 13.2 Å². The number of amides is 2. The fourth-order valence-electron chi connectivity index (χ4n) is 5.76. The first-order chi connectivity index (χ1) is 16.5. The van der Waals surface area contributed by atoms with Crippen LogP contribution in [0.4, 0.5) is 29.3 Å². The molecule has 2 N–H and O–H groups in total. The van der Waals surface area contributed by atoms with Gasteiger partial charge < -0.3 is 19.6 Å². The molecular weight excluding hydrogens is 463 g/mol. The Kier molecular flexibility index (Phi) is 7.22. The van der Waals surface area contributed by atoms with Gasteiger partial charge in [-0.15, -0.1) is 0 Å². The van der Waals surface area contributed by atoms with Crippen molar-refractivity contribution in [3.05, 3.63) is 23.8 Å². The number of ether oxygens (including phenoxy) is 1. The first kappa shape index (κ1) is 25.6. The molecule has 2 amide bonds. The number of halogens is 3. The zero-order chi connectivity index (χ0) is 25.4. The number of alkyl halides is 3. The number of anilines is 2. The Hall–Kier alpha value is -2.49. The molecule has 7 nitrogen and oxygen atoms in total. The number of hydrogen-bond acceptors (Lipinski definition) is 5. The summed E-state index contributed by atoms with van der Waals surface area (Å²) in [5, 5.41) is 12.2. The van der Waals surface area contributed by atoms with Crippen LogP contribution < -0.4 is 10.2 Å². The molecule has 1 aromatic carbocycles. The molecule has 0 bridgehead atoms. The Morgan fingerprint density at radius 3 is 2.54 bits per heavy atom. The van der Waals surface area contributed by atoms with Crippen LogP contribution in [0.3, 0.4) is 0 Å². The van der Waals surface area contributed by atoms with E-state index in [9.17, 15) is 27.9 Å². The summed E-state index contributed by atoms with van der Waals surface area (Å²) in [7, 11) is 0. The number of rotatable bonds is 4. The summed E-state index contributed by atoms with van der Waals surface area (Å²) in [5.41, 5.74) is -1.51. The van der Waals surface area contributed by atoms with Crippen LogP contribution in [0.15, 0.2) is 18.2 Å². The number of aliphatic hydroxyl groups is 1. The number of nitrogens with zero attached hydrogens (tertiary/aromatic N) is 2. The fourth-order valence-corrected chi connectivity index (χ4v) is 5.76. The second-order valence-electron chi connectivity index (χ2n) is 10.3. The summed E-state index contributed by atoms with van der Waals surface area (Å²) in [6.07, 6.45) is -1.37. The number of carbonyl (C=O) groups is 2. The number of piperidine rings is 1. The normalized spacial score (nSPS) is 27.6. The maximum Gasteiger partial charge on any atom is 0.418 e. The summed E-state index contributed by atoms with van der Waals surface area (Å²) in [6, 6.07) is 3.83. The molecule has 10 heteroatoms. The highest BCUT2D eigenvalue weighted by Gasteiger charge is 2.51. The molecule has 2 saturated heterocycles. The largest absolute Gasteiger partial charge is 0.447 e. The Morgan fingerprint density at radius 1 is 1.17 bits per heavy atom. The average Bonchev–Trinajstić information content (AvgIpc) is 3.08. The lowest BCUT2D eigenvalue weighted by Crippen LogP contribution is -2.50. The highest BCUT2D eigenvalue weighted by molar-refractivity contribution is 5.87. The molecule has 0 radical (unpaired) electrons. The molecule has 1 atom stereocenters. The number of carbonyl (C=O) groups excluding carboxylic acids is 2. The van der Waals surface area contributed by atoms with Gasteiger partial charge >= 0.3 is 12.3 Å². The van der Waals surface area contributed by atoms with Crippen LogP contribution in [-0.2, 0) is 15.7 Å². The van der Waals surface area contributed by atoms with E-state index in [1.807, 2.05) is 4.90 Å². The van der Waals surface area contributed by atoms with Gasteiger partial charge in [-0.25, -0.2) is 4.79 Å². The van der Waals surface area contributed by atoms with Gasteiger partial charge in [-0.1, -0.05) is 0 Å². The van der Waals surface area contributed by atoms with Crippen molar-refractivity contribution in [2.45, 2.75) is 83.2 Å². The number of nitrogens with one attached hydrogen (secondary N) is 1. The SMILES string of the molecule is CC(C)OC(=O)Nc1ccc(N2CCC[C@]3(CCN([C@H]4CC[C@H](O)CC4)C3=O)C2)c(C(F)(F)F)c1. The van der Waals surface area contributed by atoms with Crippen LogP contribution >= 0.6 is 0 Å². The van der Waals surface area contributed by atoms with Crippen LogP contribution in [0.2, 0.25) is 0 Å². The molecule has 0 unspecified atom stereocenters. The van der Waals surface area contributed by atoms with Gasteiger partial charge in [0.15, 0.2) is 0 Å². The second kappa shape index (κ2) is 9.87. The maximum absolute atomic E-state index is 14.0. The van der Waals surface area contributed by atoms with Crippen LogP contribution in [0.25, 0.3) is 0 Å². The van der Waals surface area contributed by atoms with Crippen molar-refractivity contribution in [3.63, 3.8) is 0 Å². The molecule has 4 rings (SSSR count). The average molecular weight is 498 g/mol. The smallest absolute Gasteiger partial charge is 0.418 e. The molecular formula is C25H34F3N3O4. The molecule has 2 heterocycles. The predicted molar refractivity (Wildman–Crippen MR) is 125 cm³/mol. The zero-order valence-electron chi connectivity index (χ0n) is 20.2. The van der Waals surface area contributed by atoms with Crippen molar-refractivity contribution in [1.29, 1.82) is 0 Å². The fraction of sp³-hybridized carbons (Fsp3) is 0.680. The summed E-state index contributed by atoms with van der Waals surface area (Å²) in [5.74, 6) is 0.0341. The van der Waals surface area contributed by atoms with E-state index in [4.69, 9.17) is 4.74 Å². The lowest BCUT2D eigenvalue weighted by atomic mass is 9.78. The van der Waals surface area contributed by atoms with E-state index in [0.29, 0.717) is 45.2 Å². The molecule has 194 valence electrons. The summed E-state index contributed by atoms with van der Waals surface area (Å²) < 4.78 is 47.1. The monoisotopic (exact) mass is 497 g/mol. The predicted octanol–water partition coefficient (Wildman–Crippen LogP) is 4.78. The van der Waals surface area contributed by atoms with Crippen molar-refractivity contribution in [2.24, 2.45) is 5.41 Å². The molecule has 1 spiro atoms. The second-order valence-corrected chi connectivity index (χ2v) is 10.3. The molecule has 1 aromatic rings. The summed E-state index contributed by atoms with van der Waals surface area (Å²) in [6.45, 7) is 4.58. The van der Waals surface area contributed by atoms with Gasteiger partial charge in [-0.3, -0.25) is 10.1 Å². The summed E-state index contributed by atoms with van der Waals surface area (Å²) >= 11 is 0. The minimum Gasteiger partial charge on any atom is -0.447 e. The summed E-state index contributed by atoms with van der Waals surface area (Å²) in [4.78, 5) is 29.0. The topological polar surface area (TPSA) is 82.1 Å². The number of benzene rings is 1. The molecule has 1 saturated carbocycles. The Labute approximate surface area is 203 Å². The zero-order valence-corrected chi connectivity index (χ0v) is 20.2. The third-order valence-corrected chi connectivity index (χ3v) is 7.46. The number of likely N-dealkylation sites (tertiary alicyclic amines) is 1. The van der Waals surface area contributed by atoms with Crippen molar-refractivity contribution < 1.29 is 32.6 Å². The van der Waals surface area contributed by atoms with E-state index in [1.165, 1.54) is 12.1 Å².